The molecule has 1 N–H and O–H groups in total. The number of hydrogen-bond donors (Lipinski definition) is 1. The molecule has 2 aromatic rings. The average Bonchev–Trinajstić information content (AvgIpc) is 2.52. The van der Waals surface area contributed by atoms with Gasteiger partial charge in [-0.15, -0.1) is 0 Å². The van der Waals surface area contributed by atoms with Gasteiger partial charge in [-0.2, -0.15) is 0 Å². The average molecular weight is 271 g/mol. The predicted molar refractivity (Wildman–Crippen MR) is 81.2 cm³/mol. The second-order valence-corrected chi connectivity index (χ2v) is 4.70. The predicted octanol–water partition coefficient (Wildman–Crippen LogP) is 3.55. The maximum atomic E-state index is 5.44. The highest BCUT2D eigenvalue weighted by Crippen LogP contribution is 2.29. The van der Waals surface area contributed by atoms with Crippen LogP contribution in [0.15, 0.2) is 48.5 Å². The SMILES string of the molecule is COc1ccc(C(C)NCc2ccccc2)c(OC)c1. The highest BCUT2D eigenvalue weighted by atomic mass is 16.5. The molecule has 0 radical (unpaired) electrons. The van der Waals surface area contributed by atoms with Gasteiger partial charge in [-0.1, -0.05) is 36.4 Å². The van der Waals surface area contributed by atoms with Crippen LogP contribution in [0, 0.1) is 0 Å². The van der Waals surface area contributed by atoms with Crippen LogP contribution in [0.3, 0.4) is 0 Å². The Hall–Kier alpha value is -2.00. The minimum atomic E-state index is 0.205. The van der Waals surface area contributed by atoms with E-state index in [2.05, 4.69) is 36.5 Å². The van der Waals surface area contributed by atoms with Crippen LogP contribution in [0.2, 0.25) is 0 Å². The summed E-state index contributed by atoms with van der Waals surface area (Å²) < 4.78 is 10.7. The van der Waals surface area contributed by atoms with E-state index < -0.39 is 0 Å². The van der Waals surface area contributed by atoms with E-state index in [-0.39, 0.29) is 6.04 Å². The summed E-state index contributed by atoms with van der Waals surface area (Å²) in [6, 6.07) is 16.5. The van der Waals surface area contributed by atoms with Gasteiger partial charge in [0.25, 0.3) is 0 Å². The Kier molecular flexibility index (Phi) is 5.02. The van der Waals surface area contributed by atoms with Crippen LogP contribution in [0.4, 0.5) is 0 Å². The van der Waals surface area contributed by atoms with Crippen LogP contribution < -0.4 is 14.8 Å². The summed E-state index contributed by atoms with van der Waals surface area (Å²) in [6.45, 7) is 2.96. The van der Waals surface area contributed by atoms with Gasteiger partial charge in [0.05, 0.1) is 14.2 Å². The number of benzene rings is 2. The number of nitrogens with one attached hydrogen (secondary N) is 1. The molecule has 2 rings (SSSR count). The van der Waals surface area contributed by atoms with Crippen LogP contribution in [-0.4, -0.2) is 14.2 Å². The van der Waals surface area contributed by atoms with Gasteiger partial charge in [0.15, 0.2) is 0 Å². The fraction of sp³-hybridized carbons (Fsp3) is 0.294. The Morgan fingerprint density at radius 1 is 1.00 bits per heavy atom. The van der Waals surface area contributed by atoms with Gasteiger partial charge in [-0.05, 0) is 18.6 Å². The monoisotopic (exact) mass is 271 g/mol. The van der Waals surface area contributed by atoms with Crippen molar-refractivity contribution >= 4 is 0 Å². The van der Waals surface area contributed by atoms with E-state index in [4.69, 9.17) is 9.47 Å². The van der Waals surface area contributed by atoms with Gasteiger partial charge in [-0.25, -0.2) is 0 Å². The quantitative estimate of drug-likeness (QED) is 0.871. The van der Waals surface area contributed by atoms with Crippen molar-refractivity contribution in [2.45, 2.75) is 19.5 Å². The molecule has 0 fully saturated rings. The molecule has 1 atom stereocenters. The van der Waals surface area contributed by atoms with Crippen LogP contribution in [0.1, 0.15) is 24.1 Å². The van der Waals surface area contributed by atoms with Crippen molar-refractivity contribution in [1.29, 1.82) is 0 Å². The first-order valence-corrected chi connectivity index (χ1v) is 6.74. The molecular formula is C17H21NO2. The topological polar surface area (TPSA) is 30.5 Å². The molecule has 106 valence electrons. The van der Waals surface area contributed by atoms with Crippen molar-refractivity contribution in [3.63, 3.8) is 0 Å². The smallest absolute Gasteiger partial charge is 0.127 e. The second-order valence-electron chi connectivity index (χ2n) is 4.70. The summed E-state index contributed by atoms with van der Waals surface area (Å²) in [5.74, 6) is 1.65. The normalized spacial score (nSPS) is 11.9. The molecule has 0 aromatic heterocycles. The highest BCUT2D eigenvalue weighted by Gasteiger charge is 2.12. The van der Waals surface area contributed by atoms with Gasteiger partial charge in [-0.3, -0.25) is 0 Å². The molecule has 0 saturated carbocycles. The Morgan fingerprint density at radius 2 is 1.75 bits per heavy atom. The second kappa shape index (κ2) is 6.96. The maximum Gasteiger partial charge on any atom is 0.127 e. The molecule has 3 nitrogen and oxygen atoms in total. The molecule has 0 bridgehead atoms. The zero-order chi connectivity index (χ0) is 14.4. The first-order chi connectivity index (χ1) is 9.74. The summed E-state index contributed by atoms with van der Waals surface area (Å²) in [4.78, 5) is 0. The van der Waals surface area contributed by atoms with E-state index in [0.29, 0.717) is 0 Å². The molecule has 0 aliphatic rings. The van der Waals surface area contributed by atoms with Gasteiger partial charge < -0.3 is 14.8 Å². The van der Waals surface area contributed by atoms with E-state index in [9.17, 15) is 0 Å². The lowest BCUT2D eigenvalue weighted by Gasteiger charge is -2.18. The number of hydrogen-bond acceptors (Lipinski definition) is 3. The first-order valence-electron chi connectivity index (χ1n) is 6.74. The zero-order valence-electron chi connectivity index (χ0n) is 12.2. The standard InChI is InChI=1S/C17H21NO2/c1-13(18-12-14-7-5-4-6-8-14)16-10-9-15(19-2)11-17(16)20-3/h4-11,13,18H,12H2,1-3H3. The van der Waals surface area contributed by atoms with Gasteiger partial charge in [0.2, 0.25) is 0 Å². The van der Waals surface area contributed by atoms with Gasteiger partial charge in [0.1, 0.15) is 11.5 Å². The van der Waals surface area contributed by atoms with Crippen LogP contribution in [-0.2, 0) is 6.54 Å². The van der Waals surface area contributed by atoms with Crippen LogP contribution in [0.5, 0.6) is 11.5 Å². The zero-order valence-corrected chi connectivity index (χ0v) is 12.2. The number of rotatable bonds is 6. The third kappa shape index (κ3) is 3.52. The number of methoxy groups -OCH3 is 2. The molecule has 2 aromatic carbocycles. The molecule has 3 heteroatoms. The maximum absolute atomic E-state index is 5.44. The molecule has 20 heavy (non-hydrogen) atoms. The molecule has 1 unspecified atom stereocenters. The fourth-order valence-electron chi connectivity index (χ4n) is 2.15. The lowest BCUT2D eigenvalue weighted by atomic mass is 10.1. The Balaban J connectivity index is 2.07. The summed E-state index contributed by atoms with van der Waals surface area (Å²) >= 11 is 0. The fourth-order valence-corrected chi connectivity index (χ4v) is 2.15. The van der Waals surface area contributed by atoms with Crippen molar-refractivity contribution in [1.82, 2.24) is 5.32 Å². The van der Waals surface area contributed by atoms with Crippen molar-refractivity contribution in [2.24, 2.45) is 0 Å². The van der Waals surface area contributed by atoms with E-state index in [1.54, 1.807) is 14.2 Å². The third-order valence-electron chi connectivity index (χ3n) is 3.36. The minimum Gasteiger partial charge on any atom is -0.497 e. The molecule has 0 aliphatic carbocycles. The Morgan fingerprint density at radius 3 is 2.40 bits per heavy atom. The van der Waals surface area contributed by atoms with Crippen molar-refractivity contribution in [2.75, 3.05) is 14.2 Å². The summed E-state index contributed by atoms with van der Waals surface area (Å²) in [5, 5.41) is 3.51. The minimum absolute atomic E-state index is 0.205. The van der Waals surface area contributed by atoms with E-state index >= 15 is 0 Å². The summed E-state index contributed by atoms with van der Waals surface area (Å²) in [6.07, 6.45) is 0. The van der Waals surface area contributed by atoms with Gasteiger partial charge in [0, 0.05) is 24.2 Å². The molecule has 0 heterocycles. The number of ether oxygens (including phenoxy) is 2. The van der Waals surface area contributed by atoms with E-state index in [1.165, 1.54) is 5.56 Å². The lowest BCUT2D eigenvalue weighted by Crippen LogP contribution is -2.18. The molecule has 0 saturated heterocycles. The van der Waals surface area contributed by atoms with Crippen molar-refractivity contribution in [3.8, 4) is 11.5 Å². The largest absolute Gasteiger partial charge is 0.497 e. The Labute approximate surface area is 120 Å². The molecule has 0 amide bonds. The first kappa shape index (κ1) is 14.4. The summed E-state index contributed by atoms with van der Waals surface area (Å²) in [7, 11) is 3.34. The van der Waals surface area contributed by atoms with Crippen molar-refractivity contribution in [3.05, 3.63) is 59.7 Å². The van der Waals surface area contributed by atoms with E-state index in [0.717, 1.165) is 23.6 Å². The molecule has 0 aliphatic heterocycles. The lowest BCUT2D eigenvalue weighted by molar-refractivity contribution is 0.386. The Bertz CT molecular complexity index is 540. The van der Waals surface area contributed by atoms with E-state index in [1.807, 2.05) is 24.3 Å². The summed E-state index contributed by atoms with van der Waals surface area (Å²) in [5.41, 5.74) is 2.40. The molecular weight excluding hydrogens is 250 g/mol. The van der Waals surface area contributed by atoms with Gasteiger partial charge >= 0.3 is 0 Å². The highest BCUT2D eigenvalue weighted by molar-refractivity contribution is 5.42. The molecule has 0 spiro atoms. The third-order valence-corrected chi connectivity index (χ3v) is 3.36. The van der Waals surface area contributed by atoms with Crippen LogP contribution in [0.25, 0.3) is 0 Å². The van der Waals surface area contributed by atoms with Crippen LogP contribution >= 0.6 is 0 Å². The van der Waals surface area contributed by atoms with Crippen molar-refractivity contribution < 1.29 is 9.47 Å².